The van der Waals surface area contributed by atoms with E-state index in [4.69, 9.17) is 4.74 Å². The van der Waals surface area contributed by atoms with Crippen molar-refractivity contribution in [2.24, 2.45) is 5.92 Å². The molecule has 0 aliphatic rings. The minimum absolute atomic E-state index is 0.702. The molecule has 0 aromatic rings. The first-order valence-corrected chi connectivity index (χ1v) is 7.51. The number of unbranched alkanes of at least 4 members (excludes halogenated alkanes) is 1. The molecule has 104 valence electrons. The van der Waals surface area contributed by atoms with Gasteiger partial charge in [0.2, 0.25) is 0 Å². The van der Waals surface area contributed by atoms with Crippen molar-refractivity contribution < 1.29 is 4.74 Å². The molecular formula is C15H33NO. The van der Waals surface area contributed by atoms with Gasteiger partial charge in [-0.15, -0.1) is 0 Å². The van der Waals surface area contributed by atoms with Crippen LogP contribution in [0.2, 0.25) is 0 Å². The molecule has 0 aliphatic carbocycles. The van der Waals surface area contributed by atoms with Gasteiger partial charge in [-0.25, -0.2) is 0 Å². The van der Waals surface area contributed by atoms with Gasteiger partial charge in [0.1, 0.15) is 0 Å². The maximum atomic E-state index is 5.61. The minimum Gasteiger partial charge on any atom is -0.380 e. The van der Waals surface area contributed by atoms with Crippen molar-refractivity contribution in [3.8, 4) is 0 Å². The Morgan fingerprint density at radius 3 is 2.29 bits per heavy atom. The molecule has 0 fully saturated rings. The third-order valence-corrected chi connectivity index (χ3v) is 3.06. The van der Waals surface area contributed by atoms with E-state index in [1.165, 1.54) is 38.5 Å². The normalized spacial score (nSPS) is 13.2. The van der Waals surface area contributed by atoms with E-state index < -0.39 is 0 Å². The number of hydrogen-bond donors (Lipinski definition) is 1. The van der Waals surface area contributed by atoms with Crippen LogP contribution in [-0.2, 0) is 4.74 Å². The highest BCUT2D eigenvalue weighted by molar-refractivity contribution is 4.65. The molecule has 1 unspecified atom stereocenters. The summed E-state index contributed by atoms with van der Waals surface area (Å²) in [7, 11) is 0. The van der Waals surface area contributed by atoms with Crippen LogP contribution in [0.25, 0.3) is 0 Å². The van der Waals surface area contributed by atoms with Crippen LogP contribution in [0.3, 0.4) is 0 Å². The summed E-state index contributed by atoms with van der Waals surface area (Å²) in [6.07, 6.45) is 7.70. The summed E-state index contributed by atoms with van der Waals surface area (Å²) in [5.74, 6) is 0.750. The molecule has 0 saturated carbocycles. The molecule has 0 rings (SSSR count). The van der Waals surface area contributed by atoms with Gasteiger partial charge in [0.25, 0.3) is 0 Å². The van der Waals surface area contributed by atoms with E-state index in [2.05, 4.69) is 33.0 Å². The van der Waals surface area contributed by atoms with Gasteiger partial charge in [-0.2, -0.15) is 0 Å². The van der Waals surface area contributed by atoms with Gasteiger partial charge in [-0.1, -0.05) is 47.0 Å². The third-order valence-electron chi connectivity index (χ3n) is 3.06. The molecule has 2 heteroatoms. The molecule has 0 saturated heterocycles. The van der Waals surface area contributed by atoms with E-state index >= 15 is 0 Å². The molecule has 2 nitrogen and oxygen atoms in total. The summed E-state index contributed by atoms with van der Waals surface area (Å²) >= 11 is 0. The third kappa shape index (κ3) is 12.2. The highest BCUT2D eigenvalue weighted by Crippen LogP contribution is 2.06. The Bertz CT molecular complexity index is 148. The van der Waals surface area contributed by atoms with E-state index in [1.54, 1.807) is 0 Å². The van der Waals surface area contributed by atoms with Crippen molar-refractivity contribution in [2.75, 3.05) is 19.8 Å². The molecule has 1 N–H and O–H groups in total. The Morgan fingerprint density at radius 2 is 1.71 bits per heavy atom. The Balaban J connectivity index is 3.40. The zero-order valence-corrected chi connectivity index (χ0v) is 12.4. The predicted octanol–water partition coefficient (Wildman–Crippen LogP) is 4.00. The average Bonchev–Trinajstić information content (AvgIpc) is 2.29. The summed E-state index contributed by atoms with van der Waals surface area (Å²) in [5, 5.41) is 3.62. The second kappa shape index (κ2) is 12.4. The van der Waals surface area contributed by atoms with Crippen molar-refractivity contribution >= 4 is 0 Å². The molecule has 0 spiro atoms. The molecule has 0 heterocycles. The fraction of sp³-hybridized carbons (Fsp3) is 1.00. The number of nitrogens with one attached hydrogen (secondary N) is 1. The SMILES string of the molecule is CCCCC(CCC)NCCOCCC(C)C. The zero-order valence-electron chi connectivity index (χ0n) is 12.4. The van der Waals surface area contributed by atoms with Crippen molar-refractivity contribution in [3.63, 3.8) is 0 Å². The van der Waals surface area contributed by atoms with Crippen molar-refractivity contribution in [2.45, 2.75) is 72.3 Å². The highest BCUT2D eigenvalue weighted by Gasteiger charge is 2.05. The first kappa shape index (κ1) is 16.9. The molecule has 0 bridgehead atoms. The summed E-state index contributed by atoms with van der Waals surface area (Å²) in [6, 6.07) is 0.702. The van der Waals surface area contributed by atoms with Crippen LogP contribution >= 0.6 is 0 Å². The zero-order chi connectivity index (χ0) is 12.9. The molecule has 1 atom stereocenters. The highest BCUT2D eigenvalue weighted by atomic mass is 16.5. The quantitative estimate of drug-likeness (QED) is 0.523. The van der Waals surface area contributed by atoms with Gasteiger partial charge >= 0.3 is 0 Å². The van der Waals surface area contributed by atoms with Gasteiger partial charge in [0, 0.05) is 19.2 Å². The Labute approximate surface area is 109 Å². The van der Waals surface area contributed by atoms with Gasteiger partial charge in [-0.05, 0) is 25.2 Å². The van der Waals surface area contributed by atoms with Crippen LogP contribution < -0.4 is 5.32 Å². The molecule has 0 radical (unpaired) electrons. The monoisotopic (exact) mass is 243 g/mol. The second-order valence-corrected chi connectivity index (χ2v) is 5.38. The predicted molar refractivity (Wildman–Crippen MR) is 76.5 cm³/mol. The van der Waals surface area contributed by atoms with Gasteiger partial charge < -0.3 is 10.1 Å². The average molecular weight is 243 g/mol. The smallest absolute Gasteiger partial charge is 0.0591 e. The molecule has 0 aliphatic heterocycles. The van der Waals surface area contributed by atoms with Crippen molar-refractivity contribution in [1.82, 2.24) is 5.32 Å². The van der Waals surface area contributed by atoms with Crippen LogP contribution in [-0.4, -0.2) is 25.8 Å². The minimum atomic E-state index is 0.702. The Kier molecular flexibility index (Phi) is 12.3. The molecule has 0 amide bonds. The lowest BCUT2D eigenvalue weighted by molar-refractivity contribution is 0.122. The molecule has 0 aromatic heterocycles. The Morgan fingerprint density at radius 1 is 0.941 bits per heavy atom. The van der Waals surface area contributed by atoms with Crippen LogP contribution in [0.15, 0.2) is 0 Å². The summed E-state index contributed by atoms with van der Waals surface area (Å²) in [6.45, 7) is 11.8. The van der Waals surface area contributed by atoms with Gasteiger partial charge in [0.05, 0.1) is 6.61 Å². The summed E-state index contributed by atoms with van der Waals surface area (Å²) in [5.41, 5.74) is 0. The lowest BCUT2D eigenvalue weighted by Gasteiger charge is -2.17. The van der Waals surface area contributed by atoms with E-state index in [0.29, 0.717) is 6.04 Å². The van der Waals surface area contributed by atoms with Gasteiger partial charge in [0.15, 0.2) is 0 Å². The number of ether oxygens (including phenoxy) is 1. The van der Waals surface area contributed by atoms with Gasteiger partial charge in [-0.3, -0.25) is 0 Å². The topological polar surface area (TPSA) is 21.3 Å². The van der Waals surface area contributed by atoms with E-state index in [1.807, 2.05) is 0 Å². The van der Waals surface area contributed by atoms with Crippen molar-refractivity contribution in [1.29, 1.82) is 0 Å². The molecular weight excluding hydrogens is 210 g/mol. The van der Waals surface area contributed by atoms with Crippen LogP contribution in [0.1, 0.15) is 66.2 Å². The largest absolute Gasteiger partial charge is 0.380 e. The van der Waals surface area contributed by atoms with Crippen LogP contribution in [0, 0.1) is 5.92 Å². The van der Waals surface area contributed by atoms with E-state index in [0.717, 1.165) is 25.7 Å². The van der Waals surface area contributed by atoms with Crippen LogP contribution in [0.4, 0.5) is 0 Å². The van der Waals surface area contributed by atoms with E-state index in [-0.39, 0.29) is 0 Å². The maximum absolute atomic E-state index is 5.61. The summed E-state index contributed by atoms with van der Waals surface area (Å²) < 4.78 is 5.61. The number of hydrogen-bond acceptors (Lipinski definition) is 2. The lowest BCUT2D eigenvalue weighted by atomic mass is 10.1. The van der Waals surface area contributed by atoms with E-state index in [9.17, 15) is 0 Å². The fourth-order valence-corrected chi connectivity index (χ4v) is 1.90. The number of rotatable bonds is 12. The maximum Gasteiger partial charge on any atom is 0.0591 e. The first-order chi connectivity index (χ1) is 8.20. The molecule has 0 aromatic carbocycles. The lowest BCUT2D eigenvalue weighted by Crippen LogP contribution is -2.32. The summed E-state index contributed by atoms with van der Waals surface area (Å²) in [4.78, 5) is 0. The van der Waals surface area contributed by atoms with Crippen molar-refractivity contribution in [3.05, 3.63) is 0 Å². The Hall–Kier alpha value is -0.0800. The fourth-order valence-electron chi connectivity index (χ4n) is 1.90. The van der Waals surface area contributed by atoms with Crippen LogP contribution in [0.5, 0.6) is 0 Å². The molecule has 17 heavy (non-hydrogen) atoms. The first-order valence-electron chi connectivity index (χ1n) is 7.51. The standard InChI is InChI=1S/C15H33NO/c1-5-7-9-15(8-6-2)16-11-13-17-12-10-14(3)4/h14-16H,5-13H2,1-4H3. The second-order valence-electron chi connectivity index (χ2n) is 5.38.